The molecule has 1 heterocycles. The smallest absolute Gasteiger partial charge is 0.146 e. The van der Waals surface area contributed by atoms with Gasteiger partial charge in [-0.3, -0.25) is 4.79 Å². The molecule has 0 radical (unpaired) electrons. The third kappa shape index (κ3) is 5.94. The summed E-state index contributed by atoms with van der Waals surface area (Å²) in [5, 5.41) is 6.25. The Morgan fingerprint density at radius 2 is 2.06 bits per heavy atom. The minimum absolute atomic E-state index is 0.166. The highest BCUT2D eigenvalue weighted by Gasteiger charge is 2.15. The number of ketones is 1. The lowest BCUT2D eigenvalue weighted by atomic mass is 10.0. The first-order valence-electron chi connectivity index (χ1n) is 6.66. The van der Waals surface area contributed by atoms with Gasteiger partial charge in [0.1, 0.15) is 5.78 Å². The fraction of sp³-hybridized carbons (Fsp3) is 0.533. The maximum absolute atomic E-state index is 10.7. The summed E-state index contributed by atoms with van der Waals surface area (Å²) in [7, 11) is 1.95. The molecule has 1 saturated heterocycles. The van der Waals surface area contributed by atoms with Gasteiger partial charge in [-0.15, -0.1) is 0 Å². The zero-order valence-corrected chi connectivity index (χ0v) is 11.4. The minimum Gasteiger partial charge on any atom is -0.316 e. The monoisotopic (exact) mass is 248 g/mol. The molecule has 0 aliphatic carbocycles. The Kier molecular flexibility index (Phi) is 7.30. The molecular formula is C15H24N2O. The molecule has 1 aliphatic heterocycles. The van der Waals surface area contributed by atoms with Gasteiger partial charge in [0.05, 0.1) is 6.04 Å². The van der Waals surface area contributed by atoms with Gasteiger partial charge in [-0.2, -0.15) is 0 Å². The Bertz CT molecular complexity index is 332. The Morgan fingerprint density at radius 1 is 1.33 bits per heavy atom. The van der Waals surface area contributed by atoms with Crippen molar-refractivity contribution in [3.05, 3.63) is 35.9 Å². The quantitative estimate of drug-likeness (QED) is 0.861. The van der Waals surface area contributed by atoms with E-state index in [9.17, 15) is 4.79 Å². The van der Waals surface area contributed by atoms with Crippen molar-refractivity contribution in [3.8, 4) is 0 Å². The van der Waals surface area contributed by atoms with Crippen molar-refractivity contribution in [3.63, 3.8) is 0 Å². The summed E-state index contributed by atoms with van der Waals surface area (Å²) < 4.78 is 0. The molecular weight excluding hydrogens is 224 g/mol. The predicted octanol–water partition coefficient (Wildman–Crippen LogP) is 2.12. The van der Waals surface area contributed by atoms with Crippen molar-refractivity contribution in [1.82, 2.24) is 10.6 Å². The molecule has 100 valence electrons. The molecule has 1 aliphatic rings. The van der Waals surface area contributed by atoms with E-state index in [2.05, 4.69) is 22.8 Å². The van der Waals surface area contributed by atoms with Crippen LogP contribution in [0.25, 0.3) is 0 Å². The first-order chi connectivity index (χ1) is 8.74. The molecule has 1 aromatic carbocycles. The summed E-state index contributed by atoms with van der Waals surface area (Å²) in [6.07, 6.45) is 3.47. The van der Waals surface area contributed by atoms with Crippen LogP contribution < -0.4 is 10.6 Å². The molecule has 1 atom stereocenters. The molecule has 3 nitrogen and oxygen atoms in total. The zero-order valence-electron chi connectivity index (χ0n) is 11.4. The Balaban J connectivity index is 0.000000180. The zero-order chi connectivity index (χ0) is 13.2. The van der Waals surface area contributed by atoms with Crippen molar-refractivity contribution in [2.75, 3.05) is 13.6 Å². The number of carbonyl (C=O) groups is 1. The number of carbonyl (C=O) groups excluding carboxylic acids is 1. The fourth-order valence-electron chi connectivity index (χ4n) is 2.00. The van der Waals surface area contributed by atoms with E-state index < -0.39 is 0 Å². The lowest BCUT2D eigenvalue weighted by Gasteiger charge is -2.20. The average Bonchev–Trinajstić information content (AvgIpc) is 2.42. The van der Waals surface area contributed by atoms with Crippen molar-refractivity contribution in [2.24, 2.45) is 0 Å². The van der Waals surface area contributed by atoms with E-state index in [4.69, 9.17) is 0 Å². The highest BCUT2D eigenvalue weighted by molar-refractivity contribution is 5.81. The molecule has 18 heavy (non-hydrogen) atoms. The highest BCUT2D eigenvalue weighted by Crippen LogP contribution is 2.06. The van der Waals surface area contributed by atoms with Gasteiger partial charge in [0.2, 0.25) is 0 Å². The highest BCUT2D eigenvalue weighted by atomic mass is 16.1. The van der Waals surface area contributed by atoms with Crippen LogP contribution in [0.2, 0.25) is 0 Å². The van der Waals surface area contributed by atoms with Gasteiger partial charge in [0.15, 0.2) is 0 Å². The third-order valence-corrected chi connectivity index (χ3v) is 3.02. The van der Waals surface area contributed by atoms with Crippen LogP contribution in [0.1, 0.15) is 31.7 Å². The maximum atomic E-state index is 10.7. The van der Waals surface area contributed by atoms with E-state index in [1.54, 1.807) is 6.92 Å². The summed E-state index contributed by atoms with van der Waals surface area (Å²) >= 11 is 0. The van der Waals surface area contributed by atoms with E-state index in [0.29, 0.717) is 0 Å². The van der Waals surface area contributed by atoms with Gasteiger partial charge >= 0.3 is 0 Å². The molecule has 0 bridgehead atoms. The van der Waals surface area contributed by atoms with Crippen LogP contribution in [-0.2, 0) is 11.3 Å². The van der Waals surface area contributed by atoms with Crippen molar-refractivity contribution >= 4 is 5.78 Å². The molecule has 0 spiro atoms. The first kappa shape index (κ1) is 14.9. The van der Waals surface area contributed by atoms with E-state index in [-0.39, 0.29) is 11.8 Å². The van der Waals surface area contributed by atoms with Crippen LogP contribution in [0.5, 0.6) is 0 Å². The van der Waals surface area contributed by atoms with Gasteiger partial charge in [-0.05, 0) is 38.9 Å². The topological polar surface area (TPSA) is 41.1 Å². The number of Topliss-reactive ketones (excluding diaryl/α,β-unsaturated/α-hetero) is 1. The Labute approximate surface area is 110 Å². The lowest BCUT2D eigenvalue weighted by Crippen LogP contribution is -2.38. The number of hydrogen-bond acceptors (Lipinski definition) is 3. The van der Waals surface area contributed by atoms with Gasteiger partial charge in [-0.1, -0.05) is 36.8 Å². The van der Waals surface area contributed by atoms with Crippen LogP contribution in [0.15, 0.2) is 30.3 Å². The number of nitrogens with one attached hydrogen (secondary N) is 2. The Hall–Kier alpha value is -1.19. The normalized spacial score (nSPS) is 18.7. The summed E-state index contributed by atoms with van der Waals surface area (Å²) in [6, 6.07) is 10.5. The molecule has 0 amide bonds. The van der Waals surface area contributed by atoms with Crippen molar-refractivity contribution < 1.29 is 4.79 Å². The van der Waals surface area contributed by atoms with Crippen LogP contribution in [-0.4, -0.2) is 25.4 Å². The van der Waals surface area contributed by atoms with Crippen LogP contribution in [0.4, 0.5) is 0 Å². The summed E-state index contributed by atoms with van der Waals surface area (Å²) in [4.78, 5) is 10.7. The van der Waals surface area contributed by atoms with Gasteiger partial charge < -0.3 is 10.6 Å². The summed E-state index contributed by atoms with van der Waals surface area (Å²) in [6.45, 7) is 3.63. The fourth-order valence-corrected chi connectivity index (χ4v) is 2.00. The van der Waals surface area contributed by atoms with Crippen molar-refractivity contribution in [2.45, 2.75) is 38.8 Å². The second-order valence-electron chi connectivity index (χ2n) is 4.63. The van der Waals surface area contributed by atoms with Crippen LogP contribution in [0, 0.1) is 0 Å². The number of rotatable bonds is 3. The Morgan fingerprint density at radius 3 is 2.50 bits per heavy atom. The maximum Gasteiger partial charge on any atom is 0.146 e. The largest absolute Gasteiger partial charge is 0.316 e. The predicted molar refractivity (Wildman–Crippen MR) is 75.5 cm³/mol. The first-order valence-corrected chi connectivity index (χ1v) is 6.66. The molecule has 0 saturated carbocycles. The van der Waals surface area contributed by atoms with Crippen LogP contribution >= 0.6 is 0 Å². The molecule has 2 rings (SSSR count). The van der Waals surface area contributed by atoms with E-state index in [0.717, 1.165) is 19.5 Å². The molecule has 0 aromatic heterocycles. The SMILES string of the molecule is CC(=O)C1CCCCN1.CNCc1ccccc1. The van der Waals surface area contributed by atoms with E-state index >= 15 is 0 Å². The summed E-state index contributed by atoms with van der Waals surface area (Å²) in [5.74, 6) is 0.287. The minimum atomic E-state index is 0.166. The molecule has 3 heteroatoms. The molecule has 1 unspecified atom stereocenters. The lowest BCUT2D eigenvalue weighted by molar-refractivity contribution is -0.119. The second-order valence-corrected chi connectivity index (χ2v) is 4.63. The average molecular weight is 248 g/mol. The van der Waals surface area contributed by atoms with Gasteiger partial charge in [0.25, 0.3) is 0 Å². The molecule has 1 aromatic rings. The number of piperidine rings is 1. The van der Waals surface area contributed by atoms with Gasteiger partial charge in [0, 0.05) is 6.54 Å². The van der Waals surface area contributed by atoms with Crippen molar-refractivity contribution in [1.29, 1.82) is 0 Å². The van der Waals surface area contributed by atoms with E-state index in [1.807, 2.05) is 25.2 Å². The van der Waals surface area contributed by atoms with Gasteiger partial charge in [-0.25, -0.2) is 0 Å². The van der Waals surface area contributed by atoms with E-state index in [1.165, 1.54) is 18.4 Å². The number of hydrogen-bond donors (Lipinski definition) is 2. The van der Waals surface area contributed by atoms with Crippen LogP contribution in [0.3, 0.4) is 0 Å². The molecule has 2 N–H and O–H groups in total. The molecule has 1 fully saturated rings. The second kappa shape index (κ2) is 8.84. The summed E-state index contributed by atoms with van der Waals surface area (Å²) in [5.41, 5.74) is 1.33. The number of benzene rings is 1. The third-order valence-electron chi connectivity index (χ3n) is 3.02. The standard InChI is InChI=1S/C8H11N.C7H13NO/c1-9-7-8-5-3-2-4-6-8;1-6(9)7-4-2-3-5-8-7/h2-6,9H,7H2,1H3;7-8H,2-5H2,1H3.